The van der Waals surface area contributed by atoms with Crippen LogP contribution < -0.4 is 15.8 Å². The largest absolute Gasteiger partial charge is 0.492 e. The van der Waals surface area contributed by atoms with E-state index in [1.54, 1.807) is 6.92 Å². The average molecular weight is 365 g/mol. The van der Waals surface area contributed by atoms with Gasteiger partial charge in [0, 0.05) is 0 Å². The van der Waals surface area contributed by atoms with E-state index in [1.165, 1.54) is 18.4 Å². The van der Waals surface area contributed by atoms with Crippen molar-refractivity contribution in [1.29, 1.82) is 0 Å². The van der Waals surface area contributed by atoms with E-state index in [9.17, 15) is 18.0 Å². The highest BCUT2D eigenvalue weighted by Crippen LogP contribution is 2.35. The highest BCUT2D eigenvalue weighted by atomic mass is 35.5. The second kappa shape index (κ2) is 8.07. The maximum Gasteiger partial charge on any atom is 0.416 e. The van der Waals surface area contributed by atoms with Crippen molar-refractivity contribution < 1.29 is 27.1 Å². The number of benzene rings is 1. The van der Waals surface area contributed by atoms with Crippen LogP contribution in [0.15, 0.2) is 34.9 Å². The van der Waals surface area contributed by atoms with Gasteiger partial charge in [-0.25, -0.2) is 0 Å². The normalized spacial score (nSPS) is 10.9. The number of carbonyl (C=O) groups is 1. The number of alkyl halides is 3. The second-order valence-electron chi connectivity index (χ2n) is 4.60. The average Bonchev–Trinajstić information content (AvgIpc) is 2.97. The minimum atomic E-state index is -4.52. The minimum Gasteiger partial charge on any atom is -0.492 e. The molecule has 2 aromatic rings. The summed E-state index contributed by atoms with van der Waals surface area (Å²) >= 11 is 0. The second-order valence-corrected chi connectivity index (χ2v) is 4.60. The molecule has 1 amide bonds. The Morgan fingerprint density at radius 1 is 1.33 bits per heavy atom. The van der Waals surface area contributed by atoms with Gasteiger partial charge in [0.2, 0.25) is 0 Å². The van der Waals surface area contributed by atoms with Crippen molar-refractivity contribution in [1.82, 2.24) is 0 Å². The zero-order valence-corrected chi connectivity index (χ0v) is 13.5. The van der Waals surface area contributed by atoms with Crippen molar-refractivity contribution in [2.24, 2.45) is 5.73 Å². The highest BCUT2D eigenvalue weighted by molar-refractivity contribution is 6.05. The lowest BCUT2D eigenvalue weighted by Crippen LogP contribution is -2.14. The summed E-state index contributed by atoms with van der Waals surface area (Å²) in [5, 5.41) is 2.40. The predicted octanol–water partition coefficient (Wildman–Crippen LogP) is 3.83. The number of hydrogen-bond acceptors (Lipinski definition) is 4. The first-order valence-corrected chi connectivity index (χ1v) is 6.78. The van der Waals surface area contributed by atoms with Crippen molar-refractivity contribution in [3.63, 3.8) is 0 Å². The van der Waals surface area contributed by atoms with Crippen molar-refractivity contribution in [3.05, 3.63) is 47.4 Å². The molecule has 132 valence electrons. The molecule has 0 bridgehead atoms. The van der Waals surface area contributed by atoms with Gasteiger partial charge in [0.25, 0.3) is 5.91 Å². The molecular weight excluding hydrogens is 349 g/mol. The zero-order valence-electron chi connectivity index (χ0n) is 12.6. The molecule has 0 saturated heterocycles. The number of anilines is 1. The number of nitrogens with one attached hydrogen (secondary N) is 1. The Labute approximate surface area is 142 Å². The Balaban J connectivity index is 0.00000288. The number of carbonyl (C=O) groups excluding carboxylic acids is 1. The van der Waals surface area contributed by atoms with Gasteiger partial charge in [-0.15, -0.1) is 12.4 Å². The molecule has 0 saturated carbocycles. The van der Waals surface area contributed by atoms with E-state index in [1.807, 2.05) is 0 Å². The SMILES string of the molecule is CCOc1ccc(C(F)(F)F)cc1NC(=O)c1coc(CN)c1.Cl. The van der Waals surface area contributed by atoms with Gasteiger partial charge in [-0.1, -0.05) is 0 Å². The van der Waals surface area contributed by atoms with Crippen LogP contribution in [0, 0.1) is 0 Å². The summed E-state index contributed by atoms with van der Waals surface area (Å²) in [5.74, 6) is -0.0747. The molecule has 0 atom stereocenters. The third-order valence-electron chi connectivity index (χ3n) is 2.97. The summed E-state index contributed by atoms with van der Waals surface area (Å²) in [5.41, 5.74) is 4.58. The summed E-state index contributed by atoms with van der Waals surface area (Å²) in [6.45, 7) is 2.05. The molecule has 5 nitrogen and oxygen atoms in total. The fraction of sp³-hybridized carbons (Fsp3) is 0.267. The first-order valence-electron chi connectivity index (χ1n) is 6.78. The van der Waals surface area contributed by atoms with E-state index in [4.69, 9.17) is 14.9 Å². The standard InChI is InChI=1S/C15H15F3N2O3.ClH/c1-2-22-13-4-3-10(15(16,17)18)6-12(13)20-14(21)9-5-11(7-19)23-8-9;/h3-6,8H,2,7,19H2,1H3,(H,20,21);1H. The third-order valence-corrected chi connectivity index (χ3v) is 2.97. The van der Waals surface area contributed by atoms with Gasteiger partial charge < -0.3 is 20.2 Å². The lowest BCUT2D eigenvalue weighted by Gasteiger charge is -2.14. The molecule has 0 aliphatic heterocycles. The van der Waals surface area contributed by atoms with Crippen LogP contribution in [0.1, 0.15) is 28.6 Å². The number of furan rings is 1. The quantitative estimate of drug-likeness (QED) is 0.845. The van der Waals surface area contributed by atoms with E-state index in [2.05, 4.69) is 5.32 Å². The molecular formula is C15H16ClF3N2O3. The Morgan fingerprint density at radius 3 is 2.58 bits per heavy atom. The fourth-order valence-electron chi connectivity index (χ4n) is 1.89. The zero-order chi connectivity index (χ0) is 17.0. The van der Waals surface area contributed by atoms with E-state index in [0.29, 0.717) is 5.76 Å². The number of halogens is 4. The van der Waals surface area contributed by atoms with Crippen LogP contribution in [-0.2, 0) is 12.7 Å². The fourth-order valence-corrected chi connectivity index (χ4v) is 1.89. The van der Waals surface area contributed by atoms with Crippen molar-refractivity contribution in [3.8, 4) is 5.75 Å². The summed E-state index contributed by atoms with van der Waals surface area (Å²) < 4.78 is 48.7. The maximum absolute atomic E-state index is 12.8. The first kappa shape index (κ1) is 19.9. The van der Waals surface area contributed by atoms with Crippen LogP contribution in [0.4, 0.5) is 18.9 Å². The van der Waals surface area contributed by atoms with Crippen LogP contribution in [0.2, 0.25) is 0 Å². The molecule has 24 heavy (non-hydrogen) atoms. The van der Waals surface area contributed by atoms with Gasteiger partial charge in [-0.05, 0) is 31.2 Å². The van der Waals surface area contributed by atoms with Gasteiger partial charge in [-0.2, -0.15) is 13.2 Å². The molecule has 0 aliphatic carbocycles. The molecule has 0 aliphatic rings. The Hall–Kier alpha value is -2.19. The maximum atomic E-state index is 12.8. The third kappa shape index (κ3) is 4.65. The molecule has 0 fully saturated rings. The Bertz CT molecular complexity index is 702. The monoisotopic (exact) mass is 364 g/mol. The highest BCUT2D eigenvalue weighted by Gasteiger charge is 2.31. The van der Waals surface area contributed by atoms with E-state index in [-0.39, 0.29) is 42.6 Å². The van der Waals surface area contributed by atoms with Crippen molar-refractivity contribution in [2.45, 2.75) is 19.6 Å². The lowest BCUT2D eigenvalue weighted by atomic mass is 10.1. The number of ether oxygens (including phenoxy) is 1. The minimum absolute atomic E-state index is 0. The van der Waals surface area contributed by atoms with E-state index < -0.39 is 17.6 Å². The molecule has 3 N–H and O–H groups in total. The van der Waals surface area contributed by atoms with Gasteiger partial charge in [0.15, 0.2) is 0 Å². The predicted molar refractivity (Wildman–Crippen MR) is 84.4 cm³/mol. The van der Waals surface area contributed by atoms with Crippen LogP contribution in [0.5, 0.6) is 5.75 Å². The number of rotatable bonds is 5. The van der Waals surface area contributed by atoms with Crippen LogP contribution in [0.25, 0.3) is 0 Å². The molecule has 0 radical (unpaired) electrons. The van der Waals surface area contributed by atoms with E-state index in [0.717, 1.165) is 12.1 Å². The van der Waals surface area contributed by atoms with Gasteiger partial charge in [0.05, 0.1) is 30.0 Å². The topological polar surface area (TPSA) is 77.5 Å². The molecule has 9 heteroatoms. The summed E-state index contributed by atoms with van der Waals surface area (Å²) in [6, 6.07) is 4.31. The summed E-state index contributed by atoms with van der Waals surface area (Å²) in [7, 11) is 0. The molecule has 1 aromatic carbocycles. The van der Waals surface area contributed by atoms with Crippen LogP contribution >= 0.6 is 12.4 Å². The van der Waals surface area contributed by atoms with Crippen molar-refractivity contribution in [2.75, 3.05) is 11.9 Å². The first-order chi connectivity index (χ1) is 10.8. The van der Waals surface area contributed by atoms with Gasteiger partial charge in [-0.3, -0.25) is 4.79 Å². The van der Waals surface area contributed by atoms with Gasteiger partial charge >= 0.3 is 6.18 Å². The summed E-state index contributed by atoms with van der Waals surface area (Å²) in [6.07, 6.45) is -3.34. The molecule has 1 heterocycles. The number of hydrogen-bond donors (Lipinski definition) is 2. The molecule has 1 aromatic heterocycles. The van der Waals surface area contributed by atoms with E-state index >= 15 is 0 Å². The summed E-state index contributed by atoms with van der Waals surface area (Å²) in [4.78, 5) is 12.1. The molecule has 0 spiro atoms. The number of amides is 1. The number of nitrogens with two attached hydrogens (primary N) is 1. The molecule has 0 unspecified atom stereocenters. The van der Waals surface area contributed by atoms with Crippen molar-refractivity contribution >= 4 is 24.0 Å². The van der Waals surface area contributed by atoms with Crippen LogP contribution in [0.3, 0.4) is 0 Å². The smallest absolute Gasteiger partial charge is 0.416 e. The van der Waals surface area contributed by atoms with Gasteiger partial charge in [0.1, 0.15) is 17.8 Å². The van der Waals surface area contributed by atoms with Crippen LogP contribution in [-0.4, -0.2) is 12.5 Å². The lowest BCUT2D eigenvalue weighted by molar-refractivity contribution is -0.137. The Kier molecular flexibility index (Phi) is 6.68. The Morgan fingerprint density at radius 2 is 2.04 bits per heavy atom. The molecule has 2 rings (SSSR count).